The Labute approximate surface area is 214 Å². The smallest absolute Gasteiger partial charge is 0.322 e. The number of hydrogen-bond donors (Lipinski definition) is 0. The van der Waals surface area contributed by atoms with E-state index in [1.165, 1.54) is 15.3 Å². The summed E-state index contributed by atoms with van der Waals surface area (Å²) in [4.78, 5) is 18.3. The van der Waals surface area contributed by atoms with Crippen LogP contribution < -0.4 is 4.90 Å². The number of carbonyl (C=O) groups is 1. The van der Waals surface area contributed by atoms with Crippen LogP contribution in [-0.2, 0) is 11.0 Å². The highest BCUT2D eigenvalue weighted by atomic mass is 127. The number of likely N-dealkylation sites (tertiary alicyclic amines) is 1. The molecular formula is C26H34F3IN3O+. The highest BCUT2D eigenvalue weighted by Gasteiger charge is 2.41. The maximum absolute atomic E-state index is 13.1. The molecule has 0 saturated carbocycles. The molecule has 3 rings (SSSR count). The van der Waals surface area contributed by atoms with Gasteiger partial charge in [-0.2, -0.15) is 13.2 Å². The minimum absolute atomic E-state index is 0.0990. The van der Waals surface area contributed by atoms with E-state index in [-0.39, 0.29) is 17.7 Å². The van der Waals surface area contributed by atoms with Gasteiger partial charge in [0.15, 0.2) is 0 Å². The van der Waals surface area contributed by atoms with Gasteiger partial charge in [-0.15, -0.1) is 0 Å². The third kappa shape index (κ3) is 6.11. The molecule has 186 valence electrons. The summed E-state index contributed by atoms with van der Waals surface area (Å²) in [7, 11) is 4.52. The average Bonchev–Trinajstić information content (AvgIpc) is 2.87. The normalized spacial score (nSPS) is 22.8. The summed E-state index contributed by atoms with van der Waals surface area (Å²) in [6.07, 6.45) is -0.206. The van der Waals surface area contributed by atoms with Crippen molar-refractivity contribution in [1.29, 1.82) is 0 Å². The molecule has 1 fully saturated rings. The monoisotopic (exact) mass is 588 g/mol. The lowest BCUT2D eigenvalue weighted by Crippen LogP contribution is -2.44. The number of benzene rings is 1. The molecule has 0 bridgehead atoms. The largest absolute Gasteiger partial charge is 0.433 e. The minimum atomic E-state index is -4.51. The highest BCUT2D eigenvalue weighted by Crippen LogP contribution is 2.43. The maximum atomic E-state index is 13.1. The second-order valence-electron chi connectivity index (χ2n) is 10.4. The molecule has 34 heavy (non-hydrogen) atoms. The van der Waals surface area contributed by atoms with Crippen molar-refractivity contribution in [3.8, 4) is 0 Å². The minimum Gasteiger partial charge on any atom is -0.322 e. The summed E-state index contributed by atoms with van der Waals surface area (Å²) >= 11 is 2.35. The maximum Gasteiger partial charge on any atom is 0.433 e. The lowest BCUT2D eigenvalue weighted by molar-refractivity contribution is -0.920. The van der Waals surface area contributed by atoms with Gasteiger partial charge in [-0.05, 0) is 65.1 Å². The number of amides is 1. The SMILES string of the molecule is CCC(=O)N(C[C@]1(C)CCC(c2cccc(I)c2)[N+](C)(C)CC1)c1cnc(C(F)(F)F)cc1C. The molecule has 8 heteroatoms. The number of pyridine rings is 1. The number of hydrogen-bond acceptors (Lipinski definition) is 2. The van der Waals surface area contributed by atoms with Gasteiger partial charge >= 0.3 is 6.18 Å². The van der Waals surface area contributed by atoms with Crippen LogP contribution in [0.25, 0.3) is 0 Å². The first-order valence-corrected chi connectivity index (χ1v) is 12.8. The number of rotatable bonds is 5. The summed E-state index contributed by atoms with van der Waals surface area (Å²) in [5.74, 6) is -0.0990. The number of alkyl halides is 3. The zero-order chi connectivity index (χ0) is 25.3. The van der Waals surface area contributed by atoms with Crippen molar-refractivity contribution in [1.82, 2.24) is 4.98 Å². The number of anilines is 1. The molecule has 1 aromatic heterocycles. The first-order chi connectivity index (χ1) is 15.8. The van der Waals surface area contributed by atoms with E-state index >= 15 is 0 Å². The third-order valence-electron chi connectivity index (χ3n) is 7.20. The van der Waals surface area contributed by atoms with Crippen LogP contribution in [0.3, 0.4) is 0 Å². The number of aromatic nitrogens is 1. The second-order valence-corrected chi connectivity index (χ2v) is 11.6. The quantitative estimate of drug-likeness (QED) is 0.286. The summed E-state index contributed by atoms with van der Waals surface area (Å²) in [6, 6.07) is 10.0. The van der Waals surface area contributed by atoms with Gasteiger partial charge in [0.2, 0.25) is 5.91 Å². The molecule has 1 saturated heterocycles. The fourth-order valence-electron chi connectivity index (χ4n) is 4.98. The first-order valence-electron chi connectivity index (χ1n) is 11.7. The molecule has 2 aromatic rings. The van der Waals surface area contributed by atoms with Gasteiger partial charge in [0.25, 0.3) is 0 Å². The molecular weight excluding hydrogens is 554 g/mol. The Morgan fingerprint density at radius 1 is 1.26 bits per heavy atom. The third-order valence-corrected chi connectivity index (χ3v) is 7.87. The predicted molar refractivity (Wildman–Crippen MR) is 137 cm³/mol. The lowest BCUT2D eigenvalue weighted by Gasteiger charge is -2.37. The number of nitrogens with zero attached hydrogens (tertiary/aromatic N) is 3. The van der Waals surface area contributed by atoms with Crippen LogP contribution >= 0.6 is 22.6 Å². The van der Waals surface area contributed by atoms with Crippen LogP contribution in [0.1, 0.15) is 62.4 Å². The van der Waals surface area contributed by atoms with Gasteiger partial charge in [0.1, 0.15) is 11.7 Å². The van der Waals surface area contributed by atoms with Crippen molar-refractivity contribution in [3.05, 3.63) is 56.9 Å². The molecule has 0 N–H and O–H groups in total. The van der Waals surface area contributed by atoms with Crippen LogP contribution in [0.2, 0.25) is 0 Å². The standard InChI is InChI=1S/C26H34F3IN3O/c1-6-24(34)32(21-16-31-23(14-18(21)2)26(27,28)29)17-25(3)11-10-22(33(4,5)13-12-25)19-8-7-9-20(30)15-19/h7-9,14-16,22H,6,10-13,17H2,1-5H3/q+1/t22?,25-/m1/s1. The van der Waals surface area contributed by atoms with Crippen molar-refractivity contribution >= 4 is 34.2 Å². The zero-order valence-corrected chi connectivity index (χ0v) is 22.7. The van der Waals surface area contributed by atoms with Gasteiger partial charge in [-0.3, -0.25) is 4.79 Å². The lowest BCUT2D eigenvalue weighted by atomic mass is 9.81. The zero-order valence-electron chi connectivity index (χ0n) is 20.5. The van der Waals surface area contributed by atoms with Gasteiger partial charge in [0, 0.05) is 34.9 Å². The predicted octanol–water partition coefficient (Wildman–Crippen LogP) is 6.76. The molecule has 4 nitrogen and oxygen atoms in total. The van der Waals surface area contributed by atoms with E-state index in [1.54, 1.807) is 18.7 Å². The van der Waals surface area contributed by atoms with Crippen LogP contribution in [-0.4, -0.2) is 42.6 Å². The van der Waals surface area contributed by atoms with Gasteiger partial charge in [-0.25, -0.2) is 4.98 Å². The van der Waals surface area contributed by atoms with Crippen molar-refractivity contribution in [2.24, 2.45) is 5.41 Å². The van der Waals surface area contributed by atoms with Crippen LogP contribution in [0.4, 0.5) is 18.9 Å². The summed E-state index contributed by atoms with van der Waals surface area (Å²) in [6.45, 7) is 7.01. The van der Waals surface area contributed by atoms with E-state index in [4.69, 9.17) is 0 Å². The van der Waals surface area contributed by atoms with Gasteiger partial charge in [-0.1, -0.05) is 26.0 Å². The van der Waals surface area contributed by atoms with E-state index in [0.717, 1.165) is 36.4 Å². The number of carbonyl (C=O) groups excluding carboxylic acids is 1. The van der Waals surface area contributed by atoms with E-state index in [2.05, 4.69) is 72.9 Å². The fourth-order valence-corrected chi connectivity index (χ4v) is 5.55. The molecule has 1 unspecified atom stereocenters. The average molecular weight is 588 g/mol. The Morgan fingerprint density at radius 2 is 1.97 bits per heavy atom. The molecule has 1 amide bonds. The van der Waals surface area contributed by atoms with Crippen molar-refractivity contribution in [3.63, 3.8) is 0 Å². The topological polar surface area (TPSA) is 33.2 Å². The molecule has 0 aliphatic carbocycles. The van der Waals surface area contributed by atoms with Crippen LogP contribution in [0.15, 0.2) is 36.5 Å². The number of halogens is 4. The number of aryl methyl sites for hydroxylation is 1. The van der Waals surface area contributed by atoms with Crippen molar-refractivity contribution in [2.45, 2.75) is 58.7 Å². The summed E-state index contributed by atoms with van der Waals surface area (Å²) in [5, 5.41) is 0. The van der Waals surface area contributed by atoms with E-state index in [0.29, 0.717) is 23.8 Å². The molecule has 2 heterocycles. The molecule has 2 atom stereocenters. The Hall–Kier alpha value is -1.68. The molecule has 0 radical (unpaired) electrons. The Bertz CT molecular complexity index is 1040. The summed E-state index contributed by atoms with van der Waals surface area (Å²) in [5.41, 5.74) is 1.11. The van der Waals surface area contributed by atoms with E-state index in [9.17, 15) is 18.0 Å². The fraction of sp³-hybridized carbons (Fsp3) is 0.538. The molecule has 0 spiro atoms. The van der Waals surface area contributed by atoms with E-state index < -0.39 is 11.9 Å². The Morgan fingerprint density at radius 3 is 2.56 bits per heavy atom. The Kier molecular flexibility index (Phi) is 8.02. The second kappa shape index (κ2) is 10.1. The summed E-state index contributed by atoms with van der Waals surface area (Å²) < 4.78 is 41.5. The molecule has 1 aliphatic heterocycles. The van der Waals surface area contributed by atoms with Crippen molar-refractivity contribution < 1.29 is 22.4 Å². The molecule has 1 aliphatic rings. The number of quaternary nitrogens is 1. The van der Waals surface area contributed by atoms with Gasteiger partial charge in [0.05, 0.1) is 32.5 Å². The molecule has 1 aromatic carbocycles. The van der Waals surface area contributed by atoms with Crippen LogP contribution in [0, 0.1) is 15.9 Å². The van der Waals surface area contributed by atoms with E-state index in [1.807, 2.05) is 0 Å². The Balaban J connectivity index is 1.89. The highest BCUT2D eigenvalue weighted by molar-refractivity contribution is 14.1. The van der Waals surface area contributed by atoms with Crippen molar-refractivity contribution in [2.75, 3.05) is 32.1 Å². The first kappa shape index (κ1) is 26.9. The van der Waals surface area contributed by atoms with Gasteiger partial charge < -0.3 is 9.38 Å². The van der Waals surface area contributed by atoms with Crippen LogP contribution in [0.5, 0.6) is 0 Å².